The van der Waals surface area contributed by atoms with Crippen molar-refractivity contribution in [2.45, 2.75) is 32.4 Å². The van der Waals surface area contributed by atoms with Gasteiger partial charge in [0.05, 0.1) is 6.61 Å². The molecule has 150 valence electrons. The maximum atomic E-state index is 12.5. The Morgan fingerprint density at radius 2 is 1.75 bits per heavy atom. The molecule has 3 rings (SSSR count). The molecule has 1 aliphatic rings. The summed E-state index contributed by atoms with van der Waals surface area (Å²) in [5.41, 5.74) is 2.01. The summed E-state index contributed by atoms with van der Waals surface area (Å²) in [5.74, 6) is 0.743. The minimum absolute atomic E-state index is 0.0117. The van der Waals surface area contributed by atoms with Crippen molar-refractivity contribution in [2.75, 3.05) is 32.9 Å². The van der Waals surface area contributed by atoms with Gasteiger partial charge in [-0.05, 0) is 49.6 Å². The van der Waals surface area contributed by atoms with E-state index in [4.69, 9.17) is 9.47 Å². The number of nitrogens with one attached hydrogen (secondary N) is 1. The summed E-state index contributed by atoms with van der Waals surface area (Å²) in [6.45, 7) is 6.72. The average Bonchev–Trinajstić information content (AvgIpc) is 2.74. The van der Waals surface area contributed by atoms with Gasteiger partial charge in [0.15, 0.2) is 0 Å². The molecule has 5 heteroatoms. The van der Waals surface area contributed by atoms with Gasteiger partial charge in [0.1, 0.15) is 12.4 Å². The van der Waals surface area contributed by atoms with Crippen LogP contribution in [0.15, 0.2) is 54.6 Å². The summed E-state index contributed by atoms with van der Waals surface area (Å²) in [5, 5.41) is 3.17. The minimum atomic E-state index is -0.0117. The Balaban J connectivity index is 1.40. The van der Waals surface area contributed by atoms with E-state index in [1.807, 2.05) is 37.3 Å². The van der Waals surface area contributed by atoms with E-state index >= 15 is 0 Å². The highest BCUT2D eigenvalue weighted by molar-refractivity contribution is 5.94. The van der Waals surface area contributed by atoms with E-state index in [1.165, 1.54) is 5.56 Å². The van der Waals surface area contributed by atoms with Crippen molar-refractivity contribution < 1.29 is 14.3 Å². The summed E-state index contributed by atoms with van der Waals surface area (Å²) in [6.07, 6.45) is 1.97. The monoisotopic (exact) mass is 382 g/mol. The summed E-state index contributed by atoms with van der Waals surface area (Å²) >= 11 is 0. The highest BCUT2D eigenvalue weighted by atomic mass is 16.5. The molecule has 2 aromatic carbocycles. The Bertz CT molecular complexity index is 710. The average molecular weight is 383 g/mol. The van der Waals surface area contributed by atoms with Gasteiger partial charge in [-0.3, -0.25) is 9.69 Å². The van der Waals surface area contributed by atoms with Crippen LogP contribution in [0.1, 0.15) is 35.7 Å². The number of carbonyl (C=O) groups is 1. The first-order valence-corrected chi connectivity index (χ1v) is 10.1. The molecule has 0 unspecified atom stereocenters. The van der Waals surface area contributed by atoms with Crippen molar-refractivity contribution in [3.8, 4) is 5.75 Å². The molecule has 1 heterocycles. The molecule has 0 atom stereocenters. The molecule has 0 radical (unpaired) electrons. The zero-order chi connectivity index (χ0) is 19.6. The number of likely N-dealkylation sites (tertiary alicyclic amines) is 1. The van der Waals surface area contributed by atoms with Gasteiger partial charge >= 0.3 is 0 Å². The number of benzene rings is 2. The van der Waals surface area contributed by atoms with Crippen LogP contribution in [0.3, 0.4) is 0 Å². The van der Waals surface area contributed by atoms with E-state index in [2.05, 4.69) is 34.5 Å². The smallest absolute Gasteiger partial charge is 0.251 e. The van der Waals surface area contributed by atoms with Crippen LogP contribution >= 0.6 is 0 Å². The number of rotatable bonds is 9. The summed E-state index contributed by atoms with van der Waals surface area (Å²) in [6, 6.07) is 18.1. The lowest BCUT2D eigenvalue weighted by Crippen LogP contribution is -2.44. The van der Waals surface area contributed by atoms with Gasteiger partial charge in [0.2, 0.25) is 0 Å². The highest BCUT2D eigenvalue weighted by Crippen LogP contribution is 2.16. The maximum absolute atomic E-state index is 12.5. The first-order valence-electron chi connectivity index (χ1n) is 10.1. The number of amides is 1. The van der Waals surface area contributed by atoms with Crippen LogP contribution in [-0.4, -0.2) is 49.8 Å². The third-order valence-electron chi connectivity index (χ3n) is 4.99. The molecule has 0 saturated carbocycles. The zero-order valence-electron chi connectivity index (χ0n) is 16.6. The maximum Gasteiger partial charge on any atom is 0.251 e. The topological polar surface area (TPSA) is 50.8 Å². The van der Waals surface area contributed by atoms with Crippen LogP contribution in [0.2, 0.25) is 0 Å². The molecule has 1 saturated heterocycles. The third-order valence-corrected chi connectivity index (χ3v) is 4.99. The molecule has 1 N–H and O–H groups in total. The van der Waals surface area contributed by atoms with Crippen LogP contribution in [0.4, 0.5) is 0 Å². The Morgan fingerprint density at radius 3 is 2.43 bits per heavy atom. The molecule has 2 aromatic rings. The van der Waals surface area contributed by atoms with Gasteiger partial charge in [-0.15, -0.1) is 0 Å². The molecule has 0 aliphatic carbocycles. The van der Waals surface area contributed by atoms with Gasteiger partial charge in [-0.1, -0.05) is 30.3 Å². The number of carbonyl (C=O) groups excluding carboxylic acids is 1. The van der Waals surface area contributed by atoms with Crippen LogP contribution in [0.25, 0.3) is 0 Å². The Kier molecular flexibility index (Phi) is 7.88. The van der Waals surface area contributed by atoms with Crippen LogP contribution in [0, 0.1) is 0 Å². The summed E-state index contributed by atoms with van der Waals surface area (Å²) in [4.78, 5) is 15.0. The Hall–Kier alpha value is -2.37. The lowest BCUT2D eigenvalue weighted by molar-refractivity contribution is 0.0908. The normalized spacial score (nSPS) is 15.3. The second-order valence-corrected chi connectivity index (χ2v) is 7.08. The molecule has 5 nitrogen and oxygen atoms in total. The van der Waals surface area contributed by atoms with E-state index in [-0.39, 0.29) is 11.9 Å². The van der Waals surface area contributed by atoms with Crippen molar-refractivity contribution in [3.63, 3.8) is 0 Å². The van der Waals surface area contributed by atoms with Crippen molar-refractivity contribution in [1.29, 1.82) is 0 Å². The van der Waals surface area contributed by atoms with Gasteiger partial charge in [0, 0.05) is 37.8 Å². The fourth-order valence-electron chi connectivity index (χ4n) is 3.41. The molecule has 28 heavy (non-hydrogen) atoms. The van der Waals surface area contributed by atoms with Gasteiger partial charge in [-0.2, -0.15) is 0 Å². The minimum Gasteiger partial charge on any atom is -0.491 e. The predicted octanol–water partition coefficient (Wildman–Crippen LogP) is 3.50. The third kappa shape index (κ3) is 6.36. The van der Waals surface area contributed by atoms with E-state index in [1.54, 1.807) is 0 Å². The number of ether oxygens (including phenoxy) is 2. The summed E-state index contributed by atoms with van der Waals surface area (Å²) < 4.78 is 10.8. The Morgan fingerprint density at radius 1 is 1.04 bits per heavy atom. The van der Waals surface area contributed by atoms with Crippen molar-refractivity contribution >= 4 is 5.91 Å². The second-order valence-electron chi connectivity index (χ2n) is 7.08. The first kappa shape index (κ1) is 20.4. The fourth-order valence-corrected chi connectivity index (χ4v) is 3.41. The number of hydrogen-bond donors (Lipinski definition) is 1. The molecule has 1 fully saturated rings. The van der Waals surface area contributed by atoms with Crippen LogP contribution in [0.5, 0.6) is 5.75 Å². The number of hydrogen-bond acceptors (Lipinski definition) is 4. The lowest BCUT2D eigenvalue weighted by atomic mass is 10.0. The van der Waals surface area contributed by atoms with Crippen molar-refractivity contribution in [3.05, 3.63) is 65.7 Å². The van der Waals surface area contributed by atoms with E-state index in [9.17, 15) is 4.79 Å². The van der Waals surface area contributed by atoms with E-state index in [0.717, 1.165) is 38.2 Å². The quantitative estimate of drug-likeness (QED) is 0.675. The molecule has 0 spiro atoms. The standard InChI is InChI=1S/C23H30N2O3/c1-2-27-16-17-28-22-10-8-20(9-11-22)23(26)24-21-12-14-25(15-13-21)18-19-6-4-3-5-7-19/h3-11,21H,2,12-18H2,1H3,(H,24,26). The van der Waals surface area contributed by atoms with Crippen LogP contribution < -0.4 is 10.1 Å². The number of nitrogens with zero attached hydrogens (tertiary/aromatic N) is 1. The molecule has 1 aliphatic heterocycles. The first-order chi connectivity index (χ1) is 13.7. The van der Waals surface area contributed by atoms with Gasteiger partial charge in [-0.25, -0.2) is 0 Å². The van der Waals surface area contributed by atoms with E-state index in [0.29, 0.717) is 25.4 Å². The lowest BCUT2D eigenvalue weighted by Gasteiger charge is -2.32. The Labute approximate surface area is 167 Å². The molecule has 0 aromatic heterocycles. The molecular weight excluding hydrogens is 352 g/mol. The highest BCUT2D eigenvalue weighted by Gasteiger charge is 2.21. The zero-order valence-corrected chi connectivity index (χ0v) is 16.6. The fraction of sp³-hybridized carbons (Fsp3) is 0.435. The second kappa shape index (κ2) is 10.8. The number of piperidine rings is 1. The molecule has 0 bridgehead atoms. The predicted molar refractivity (Wildman–Crippen MR) is 111 cm³/mol. The van der Waals surface area contributed by atoms with Gasteiger partial charge in [0.25, 0.3) is 5.91 Å². The van der Waals surface area contributed by atoms with Crippen LogP contribution in [-0.2, 0) is 11.3 Å². The SMILES string of the molecule is CCOCCOc1ccc(C(=O)NC2CCN(Cc3ccccc3)CC2)cc1. The van der Waals surface area contributed by atoms with Crippen molar-refractivity contribution in [1.82, 2.24) is 10.2 Å². The van der Waals surface area contributed by atoms with E-state index < -0.39 is 0 Å². The molecule has 1 amide bonds. The molecular formula is C23H30N2O3. The largest absolute Gasteiger partial charge is 0.491 e. The summed E-state index contributed by atoms with van der Waals surface area (Å²) in [7, 11) is 0. The van der Waals surface area contributed by atoms with Crippen molar-refractivity contribution in [2.24, 2.45) is 0 Å². The van der Waals surface area contributed by atoms with Gasteiger partial charge < -0.3 is 14.8 Å².